The summed E-state index contributed by atoms with van der Waals surface area (Å²) in [4.78, 5) is 11.6. The molecule has 0 aliphatic rings. The molecule has 0 saturated heterocycles. The second kappa shape index (κ2) is 7.15. The van der Waals surface area contributed by atoms with Gasteiger partial charge >= 0.3 is 0 Å². The Morgan fingerprint density at radius 1 is 1.47 bits per heavy atom. The van der Waals surface area contributed by atoms with Crippen LogP contribution in [0.25, 0.3) is 0 Å². The number of nitrogens with one attached hydrogen (secondary N) is 1. The Hall–Kier alpha value is -0.740. The molecule has 1 aromatic carbocycles. The molecule has 0 radical (unpaired) electrons. The lowest BCUT2D eigenvalue weighted by molar-refractivity contribution is -0.123. The van der Waals surface area contributed by atoms with Gasteiger partial charge in [0, 0.05) is 11.6 Å². The van der Waals surface area contributed by atoms with Gasteiger partial charge in [-0.05, 0) is 52.9 Å². The van der Waals surface area contributed by atoms with Crippen LogP contribution in [0, 0.1) is 19.8 Å². The zero-order valence-corrected chi connectivity index (χ0v) is 14.0. The summed E-state index contributed by atoms with van der Waals surface area (Å²) in [5.41, 5.74) is 1.85. The number of aryl methyl sites for hydroxylation is 1. The summed E-state index contributed by atoms with van der Waals surface area (Å²) < 4.78 is 6.32. The molecule has 0 aliphatic carbocycles. The summed E-state index contributed by atoms with van der Waals surface area (Å²) in [5, 5.41) is 3.52. The molecule has 0 heterocycles. The van der Waals surface area contributed by atoms with Crippen LogP contribution < -0.4 is 10.1 Å². The normalized spacial score (nSPS) is 10.7. The van der Waals surface area contributed by atoms with Crippen molar-refractivity contribution in [3.63, 3.8) is 0 Å². The van der Waals surface area contributed by atoms with Crippen molar-refractivity contribution in [2.45, 2.75) is 27.7 Å². The number of carbonyl (C=O) groups excluding carboxylic acids is 1. The first-order chi connectivity index (χ1) is 8.82. The molecule has 1 aromatic rings. The van der Waals surface area contributed by atoms with Crippen LogP contribution >= 0.6 is 27.5 Å². The molecule has 0 aromatic heterocycles. The first kappa shape index (κ1) is 16.3. The predicted molar refractivity (Wildman–Crippen MR) is 82.0 cm³/mol. The lowest BCUT2D eigenvalue weighted by Gasteiger charge is -2.13. The van der Waals surface area contributed by atoms with E-state index in [0.717, 1.165) is 15.6 Å². The van der Waals surface area contributed by atoms with E-state index in [1.165, 1.54) is 0 Å². The van der Waals surface area contributed by atoms with Crippen molar-refractivity contribution in [1.82, 2.24) is 5.32 Å². The molecule has 1 rings (SSSR count). The molecule has 0 fully saturated rings. The van der Waals surface area contributed by atoms with Gasteiger partial charge in [-0.15, -0.1) is 0 Å². The Balaban J connectivity index is 2.66. The van der Waals surface area contributed by atoms with Crippen LogP contribution in [0.3, 0.4) is 0 Å². The minimum atomic E-state index is -0.120. The van der Waals surface area contributed by atoms with Crippen molar-refractivity contribution in [3.8, 4) is 5.75 Å². The van der Waals surface area contributed by atoms with Gasteiger partial charge in [0.05, 0.1) is 4.47 Å². The van der Waals surface area contributed by atoms with E-state index in [9.17, 15) is 4.79 Å². The van der Waals surface area contributed by atoms with Gasteiger partial charge in [-0.2, -0.15) is 0 Å². The van der Waals surface area contributed by atoms with Crippen molar-refractivity contribution in [2.75, 3.05) is 13.2 Å². The third-order valence-electron chi connectivity index (χ3n) is 2.63. The van der Waals surface area contributed by atoms with Crippen LogP contribution in [-0.4, -0.2) is 19.1 Å². The zero-order valence-electron chi connectivity index (χ0n) is 11.6. The van der Waals surface area contributed by atoms with Crippen molar-refractivity contribution < 1.29 is 9.53 Å². The molecule has 3 nitrogen and oxygen atoms in total. The summed E-state index contributed by atoms with van der Waals surface area (Å²) in [6, 6.07) is 1.83. The van der Waals surface area contributed by atoms with Crippen molar-refractivity contribution in [1.29, 1.82) is 0 Å². The number of amides is 1. The molecule has 19 heavy (non-hydrogen) atoms. The molecule has 1 N–H and O–H groups in total. The van der Waals surface area contributed by atoms with Crippen LogP contribution in [0.15, 0.2) is 10.5 Å². The molecule has 0 atom stereocenters. The first-order valence-corrected chi connectivity index (χ1v) is 7.34. The number of carbonyl (C=O) groups is 1. The molecule has 106 valence electrons. The number of benzene rings is 1. The summed E-state index contributed by atoms with van der Waals surface area (Å²) in [7, 11) is 0. The topological polar surface area (TPSA) is 38.3 Å². The minimum absolute atomic E-state index is 0.00579. The third kappa shape index (κ3) is 4.69. The summed E-state index contributed by atoms with van der Waals surface area (Å²) in [6.45, 7) is 8.57. The van der Waals surface area contributed by atoms with Gasteiger partial charge in [0.2, 0.25) is 0 Å². The smallest absolute Gasteiger partial charge is 0.257 e. The maximum Gasteiger partial charge on any atom is 0.257 e. The third-order valence-corrected chi connectivity index (χ3v) is 4.20. The standard InChI is InChI=1S/C14H19BrClNO2/c1-8(2)6-17-12(18)7-19-11-5-9(3)14(16)10(4)13(11)15/h5,8H,6-7H2,1-4H3,(H,17,18). The van der Waals surface area contributed by atoms with Crippen LogP contribution in [0.5, 0.6) is 5.75 Å². The maximum atomic E-state index is 11.6. The van der Waals surface area contributed by atoms with Crippen LogP contribution in [-0.2, 0) is 4.79 Å². The van der Waals surface area contributed by atoms with Crippen LogP contribution in [0.4, 0.5) is 0 Å². The van der Waals surface area contributed by atoms with Crippen LogP contribution in [0.2, 0.25) is 5.02 Å². The second-order valence-corrected chi connectivity index (χ2v) is 6.10. The lowest BCUT2D eigenvalue weighted by atomic mass is 10.1. The number of hydrogen-bond acceptors (Lipinski definition) is 2. The molecule has 1 amide bonds. The average Bonchev–Trinajstić information content (AvgIpc) is 2.36. The molecule has 0 bridgehead atoms. The Labute approximate surface area is 127 Å². The molecule has 0 unspecified atom stereocenters. The Bertz CT molecular complexity index is 475. The van der Waals surface area contributed by atoms with E-state index in [1.807, 2.05) is 33.8 Å². The van der Waals surface area contributed by atoms with Gasteiger partial charge in [0.25, 0.3) is 5.91 Å². The largest absolute Gasteiger partial charge is 0.483 e. The fraction of sp³-hybridized carbons (Fsp3) is 0.500. The van der Waals surface area contributed by atoms with Gasteiger partial charge in [-0.3, -0.25) is 4.79 Å². The van der Waals surface area contributed by atoms with Gasteiger partial charge in [0.15, 0.2) is 6.61 Å². The number of rotatable bonds is 5. The van der Waals surface area contributed by atoms with Gasteiger partial charge in [0.1, 0.15) is 5.75 Å². The summed E-state index contributed by atoms with van der Waals surface area (Å²) in [6.07, 6.45) is 0. The highest BCUT2D eigenvalue weighted by Crippen LogP contribution is 2.35. The Morgan fingerprint density at radius 3 is 2.68 bits per heavy atom. The van der Waals surface area contributed by atoms with E-state index in [0.29, 0.717) is 23.2 Å². The molecule has 0 spiro atoms. The van der Waals surface area contributed by atoms with E-state index in [1.54, 1.807) is 0 Å². The molecule has 5 heteroatoms. The highest BCUT2D eigenvalue weighted by atomic mass is 79.9. The van der Waals surface area contributed by atoms with E-state index in [2.05, 4.69) is 21.2 Å². The fourth-order valence-electron chi connectivity index (χ4n) is 1.52. The Kier molecular flexibility index (Phi) is 6.14. The van der Waals surface area contributed by atoms with Crippen molar-refractivity contribution in [3.05, 3.63) is 26.7 Å². The van der Waals surface area contributed by atoms with Gasteiger partial charge in [-0.25, -0.2) is 0 Å². The predicted octanol–water partition coefficient (Wildman–Crippen LogP) is 3.87. The van der Waals surface area contributed by atoms with E-state index in [4.69, 9.17) is 16.3 Å². The molecule has 0 aliphatic heterocycles. The molecular formula is C14H19BrClNO2. The number of ether oxygens (including phenoxy) is 1. The summed E-state index contributed by atoms with van der Waals surface area (Å²) >= 11 is 9.57. The van der Waals surface area contributed by atoms with Crippen LogP contribution in [0.1, 0.15) is 25.0 Å². The molecular weight excluding hydrogens is 330 g/mol. The highest BCUT2D eigenvalue weighted by molar-refractivity contribution is 9.10. The van der Waals surface area contributed by atoms with E-state index in [-0.39, 0.29) is 12.5 Å². The summed E-state index contributed by atoms with van der Waals surface area (Å²) in [5.74, 6) is 0.945. The second-order valence-electron chi connectivity index (χ2n) is 4.93. The quantitative estimate of drug-likeness (QED) is 0.877. The highest BCUT2D eigenvalue weighted by Gasteiger charge is 2.12. The monoisotopic (exact) mass is 347 g/mol. The number of hydrogen-bond donors (Lipinski definition) is 1. The van der Waals surface area contributed by atoms with Crippen molar-refractivity contribution in [2.24, 2.45) is 5.92 Å². The van der Waals surface area contributed by atoms with Crippen molar-refractivity contribution >= 4 is 33.4 Å². The van der Waals surface area contributed by atoms with E-state index < -0.39 is 0 Å². The lowest BCUT2D eigenvalue weighted by Crippen LogP contribution is -2.31. The average molecular weight is 349 g/mol. The first-order valence-electron chi connectivity index (χ1n) is 6.17. The fourth-order valence-corrected chi connectivity index (χ4v) is 2.21. The zero-order chi connectivity index (χ0) is 14.6. The SMILES string of the molecule is Cc1cc(OCC(=O)NCC(C)C)c(Br)c(C)c1Cl. The van der Waals surface area contributed by atoms with Gasteiger partial charge in [-0.1, -0.05) is 25.4 Å². The maximum absolute atomic E-state index is 11.6. The number of halogens is 2. The van der Waals surface area contributed by atoms with Gasteiger partial charge < -0.3 is 10.1 Å². The minimum Gasteiger partial charge on any atom is -0.483 e. The Morgan fingerprint density at radius 2 is 2.11 bits per heavy atom. The molecule has 0 saturated carbocycles. The van der Waals surface area contributed by atoms with E-state index >= 15 is 0 Å².